The zero-order valence-corrected chi connectivity index (χ0v) is 21.0. The number of hydrogen-bond acceptors (Lipinski definition) is 4. The van der Waals surface area contributed by atoms with E-state index < -0.39 is 0 Å². The van der Waals surface area contributed by atoms with Crippen molar-refractivity contribution in [2.45, 2.75) is 39.5 Å². The summed E-state index contributed by atoms with van der Waals surface area (Å²) in [5.41, 5.74) is 1.86. The quantitative estimate of drug-likeness (QED) is 0.471. The molecule has 0 saturated heterocycles. The molecule has 0 bridgehead atoms. The molecule has 3 rings (SSSR count). The van der Waals surface area contributed by atoms with Crippen LogP contribution in [0.4, 0.5) is 5.82 Å². The van der Waals surface area contributed by atoms with E-state index in [0.717, 1.165) is 17.8 Å². The second kappa shape index (κ2) is 10.7. The van der Waals surface area contributed by atoms with Crippen LogP contribution < -0.4 is 10.1 Å². The molecule has 1 N–H and O–H groups in total. The number of halogens is 1. The lowest BCUT2D eigenvalue weighted by molar-refractivity contribution is -0.116. The fourth-order valence-corrected chi connectivity index (χ4v) is 3.56. The van der Waals surface area contributed by atoms with Gasteiger partial charge in [0, 0.05) is 28.6 Å². The highest BCUT2D eigenvalue weighted by molar-refractivity contribution is 6.30. The van der Waals surface area contributed by atoms with Crippen LogP contribution in [-0.2, 0) is 10.2 Å². The molecule has 1 heterocycles. The predicted octanol–water partition coefficient (Wildman–Crippen LogP) is 5.32. The van der Waals surface area contributed by atoms with E-state index in [1.54, 1.807) is 48.2 Å². The molecule has 0 spiro atoms. The number of nitrogens with zero attached hydrogens (tertiary/aromatic N) is 3. The molecule has 0 radical (unpaired) electrons. The Labute approximate surface area is 205 Å². The molecule has 0 saturated carbocycles. The summed E-state index contributed by atoms with van der Waals surface area (Å²) in [4.78, 5) is 27.7. The maximum atomic E-state index is 13.1. The predicted molar refractivity (Wildman–Crippen MR) is 135 cm³/mol. The number of carbonyl (C=O) groups is 2. The Morgan fingerprint density at radius 2 is 1.82 bits per heavy atom. The largest absolute Gasteiger partial charge is 0.497 e. The van der Waals surface area contributed by atoms with E-state index in [-0.39, 0.29) is 23.8 Å². The number of rotatable bonds is 8. The summed E-state index contributed by atoms with van der Waals surface area (Å²) in [6.07, 6.45) is 0.722. The lowest BCUT2D eigenvalue weighted by Crippen LogP contribution is -2.38. The van der Waals surface area contributed by atoms with Crippen LogP contribution >= 0.6 is 11.6 Å². The molecule has 7 nitrogen and oxygen atoms in total. The molecular formula is C26H31ClN4O3. The summed E-state index contributed by atoms with van der Waals surface area (Å²) in [5.74, 6) is 0.591. The molecule has 0 aliphatic heterocycles. The van der Waals surface area contributed by atoms with Gasteiger partial charge in [0.05, 0.1) is 18.5 Å². The third kappa shape index (κ3) is 6.17. The first-order valence-electron chi connectivity index (χ1n) is 11.2. The molecule has 2 aromatic carbocycles. The van der Waals surface area contributed by atoms with Crippen molar-refractivity contribution in [1.82, 2.24) is 14.7 Å². The first kappa shape index (κ1) is 25.3. The summed E-state index contributed by atoms with van der Waals surface area (Å²) in [5, 5.41) is 8.27. The highest BCUT2D eigenvalue weighted by atomic mass is 35.5. The van der Waals surface area contributed by atoms with Crippen LogP contribution in [0.3, 0.4) is 0 Å². The maximum absolute atomic E-state index is 13.1. The van der Waals surface area contributed by atoms with E-state index in [2.05, 4.69) is 26.1 Å². The van der Waals surface area contributed by atoms with Crippen molar-refractivity contribution in [2.75, 3.05) is 25.5 Å². The molecule has 180 valence electrons. The Bertz CT molecular complexity index is 1150. The molecule has 8 heteroatoms. The number of nitrogens with one attached hydrogen (secondary N) is 1. The van der Waals surface area contributed by atoms with Crippen molar-refractivity contribution in [3.63, 3.8) is 0 Å². The van der Waals surface area contributed by atoms with Crippen molar-refractivity contribution in [3.05, 3.63) is 70.9 Å². The van der Waals surface area contributed by atoms with E-state index in [1.165, 1.54) is 4.90 Å². The number of methoxy groups -OCH3 is 1. The third-order valence-electron chi connectivity index (χ3n) is 5.25. The summed E-state index contributed by atoms with van der Waals surface area (Å²) in [6, 6.07) is 16.0. The highest BCUT2D eigenvalue weighted by Crippen LogP contribution is 2.27. The van der Waals surface area contributed by atoms with E-state index >= 15 is 0 Å². The summed E-state index contributed by atoms with van der Waals surface area (Å²) in [6.45, 7) is 8.51. The van der Waals surface area contributed by atoms with Crippen LogP contribution in [0.1, 0.15) is 50.2 Å². The van der Waals surface area contributed by atoms with Crippen LogP contribution in [0.25, 0.3) is 5.69 Å². The number of benzene rings is 2. The number of amides is 2. The van der Waals surface area contributed by atoms with Gasteiger partial charge in [0.1, 0.15) is 18.1 Å². The number of aromatic nitrogens is 2. The van der Waals surface area contributed by atoms with Crippen molar-refractivity contribution >= 4 is 29.2 Å². The van der Waals surface area contributed by atoms with Gasteiger partial charge in [-0.2, -0.15) is 5.10 Å². The normalized spacial score (nSPS) is 11.2. The second-order valence-corrected chi connectivity index (χ2v) is 9.50. The molecule has 0 fully saturated rings. The van der Waals surface area contributed by atoms with Gasteiger partial charge in [-0.05, 0) is 48.9 Å². The third-order valence-corrected chi connectivity index (χ3v) is 5.50. The van der Waals surface area contributed by atoms with Crippen LogP contribution in [0.2, 0.25) is 5.02 Å². The molecule has 0 aliphatic rings. The van der Waals surface area contributed by atoms with Gasteiger partial charge >= 0.3 is 0 Å². The Hall–Kier alpha value is -3.32. The lowest BCUT2D eigenvalue weighted by Gasteiger charge is -2.22. The first-order chi connectivity index (χ1) is 16.1. The standard InChI is InChI=1S/C26H31ClN4O3/c1-6-14-30(25(33)18-8-7-9-21(15-18)34-5)17-24(32)28-23-16-22(26(2,3)4)29-31(23)20-12-10-19(27)11-13-20/h7-13,15-16H,6,14,17H2,1-5H3,(H,28,32). The smallest absolute Gasteiger partial charge is 0.254 e. The number of hydrogen-bond donors (Lipinski definition) is 1. The number of anilines is 1. The fourth-order valence-electron chi connectivity index (χ4n) is 3.43. The average molecular weight is 483 g/mol. The van der Waals surface area contributed by atoms with Gasteiger partial charge in [0.15, 0.2) is 0 Å². The van der Waals surface area contributed by atoms with E-state index in [9.17, 15) is 9.59 Å². The highest BCUT2D eigenvalue weighted by Gasteiger charge is 2.23. The van der Waals surface area contributed by atoms with Crippen molar-refractivity contribution in [2.24, 2.45) is 0 Å². The average Bonchev–Trinajstić information content (AvgIpc) is 3.23. The zero-order valence-electron chi connectivity index (χ0n) is 20.3. The Morgan fingerprint density at radius 3 is 2.44 bits per heavy atom. The summed E-state index contributed by atoms with van der Waals surface area (Å²) < 4.78 is 6.91. The summed E-state index contributed by atoms with van der Waals surface area (Å²) >= 11 is 6.04. The van der Waals surface area contributed by atoms with Gasteiger partial charge in [-0.3, -0.25) is 9.59 Å². The molecule has 0 unspecified atom stereocenters. The monoisotopic (exact) mass is 482 g/mol. The van der Waals surface area contributed by atoms with Gasteiger partial charge in [0.25, 0.3) is 5.91 Å². The van der Waals surface area contributed by atoms with Crippen molar-refractivity contribution < 1.29 is 14.3 Å². The van der Waals surface area contributed by atoms with Crippen LogP contribution in [0, 0.1) is 0 Å². The lowest BCUT2D eigenvalue weighted by atomic mass is 9.92. The Kier molecular flexibility index (Phi) is 7.99. The van der Waals surface area contributed by atoms with E-state index in [1.807, 2.05) is 25.1 Å². The van der Waals surface area contributed by atoms with Gasteiger partial charge in [-0.15, -0.1) is 0 Å². The van der Waals surface area contributed by atoms with Gasteiger partial charge in [0.2, 0.25) is 5.91 Å². The fraction of sp³-hybridized carbons (Fsp3) is 0.346. The molecule has 1 aromatic heterocycles. The molecule has 0 aliphatic carbocycles. The first-order valence-corrected chi connectivity index (χ1v) is 11.6. The summed E-state index contributed by atoms with van der Waals surface area (Å²) in [7, 11) is 1.55. The maximum Gasteiger partial charge on any atom is 0.254 e. The Morgan fingerprint density at radius 1 is 1.12 bits per heavy atom. The van der Waals surface area contributed by atoms with Crippen molar-refractivity contribution in [3.8, 4) is 11.4 Å². The minimum atomic E-state index is -0.305. The zero-order chi connectivity index (χ0) is 24.9. The van der Waals surface area contributed by atoms with Crippen LogP contribution in [0.5, 0.6) is 5.75 Å². The molecule has 3 aromatic rings. The number of ether oxygens (including phenoxy) is 1. The van der Waals surface area contributed by atoms with Crippen LogP contribution in [-0.4, -0.2) is 46.7 Å². The Balaban J connectivity index is 1.84. The minimum absolute atomic E-state index is 0.0828. The number of carbonyl (C=O) groups excluding carboxylic acids is 2. The van der Waals surface area contributed by atoms with Gasteiger partial charge in [-0.1, -0.05) is 45.4 Å². The second-order valence-electron chi connectivity index (χ2n) is 9.06. The molecule has 34 heavy (non-hydrogen) atoms. The van der Waals surface area contributed by atoms with Crippen LogP contribution in [0.15, 0.2) is 54.6 Å². The van der Waals surface area contributed by atoms with Gasteiger partial charge < -0.3 is 15.0 Å². The minimum Gasteiger partial charge on any atom is -0.497 e. The van der Waals surface area contributed by atoms with Crippen molar-refractivity contribution in [1.29, 1.82) is 0 Å². The SMILES string of the molecule is CCCN(CC(=O)Nc1cc(C(C)(C)C)nn1-c1ccc(Cl)cc1)C(=O)c1cccc(OC)c1. The molecule has 2 amide bonds. The van der Waals surface area contributed by atoms with E-state index in [0.29, 0.717) is 28.7 Å². The molecular weight excluding hydrogens is 452 g/mol. The van der Waals surface area contributed by atoms with E-state index in [4.69, 9.17) is 21.4 Å². The molecule has 0 atom stereocenters. The van der Waals surface area contributed by atoms with Gasteiger partial charge in [-0.25, -0.2) is 4.68 Å². The topological polar surface area (TPSA) is 76.5 Å².